The number of alkyl halides is 3. The highest BCUT2D eigenvalue weighted by Gasteiger charge is 2.39. The van der Waals surface area contributed by atoms with Gasteiger partial charge >= 0.3 is 6.18 Å². The van der Waals surface area contributed by atoms with Crippen molar-refractivity contribution in [2.75, 3.05) is 11.4 Å². The number of hydrogen-bond donors (Lipinski definition) is 0. The van der Waals surface area contributed by atoms with Crippen LogP contribution in [-0.2, 0) is 0 Å². The third-order valence-electron chi connectivity index (χ3n) is 2.48. The van der Waals surface area contributed by atoms with Crippen LogP contribution in [0.1, 0.15) is 12.8 Å². The first kappa shape index (κ1) is 14.0. The summed E-state index contributed by atoms with van der Waals surface area (Å²) in [6.45, 7) is -1.09. The molecule has 0 saturated heterocycles. The van der Waals surface area contributed by atoms with Crippen LogP contribution in [0, 0.1) is 0 Å². The van der Waals surface area contributed by atoms with Crippen LogP contribution in [0.15, 0.2) is 6.07 Å². The van der Waals surface area contributed by atoms with Gasteiger partial charge in [0.05, 0.1) is 10.0 Å². The average molecular weight is 320 g/mol. The predicted molar refractivity (Wildman–Crippen MR) is 65.7 cm³/mol. The van der Waals surface area contributed by atoms with E-state index in [9.17, 15) is 13.2 Å². The zero-order chi connectivity index (χ0) is 13.5. The highest BCUT2D eigenvalue weighted by Crippen LogP contribution is 2.38. The van der Waals surface area contributed by atoms with Crippen molar-refractivity contribution < 1.29 is 13.2 Å². The van der Waals surface area contributed by atoms with E-state index in [1.807, 2.05) is 0 Å². The molecule has 8 heteroatoms. The molecule has 2 rings (SSSR count). The van der Waals surface area contributed by atoms with E-state index < -0.39 is 12.7 Å². The van der Waals surface area contributed by atoms with Crippen LogP contribution in [0.4, 0.5) is 19.0 Å². The van der Waals surface area contributed by atoms with Gasteiger partial charge in [0.15, 0.2) is 0 Å². The summed E-state index contributed by atoms with van der Waals surface area (Å²) in [6.07, 6.45) is -2.94. The topological polar surface area (TPSA) is 16.1 Å². The lowest BCUT2D eigenvalue weighted by atomic mass is 10.4. The Balaban J connectivity index is 2.34. The van der Waals surface area contributed by atoms with Crippen molar-refractivity contribution in [3.05, 3.63) is 21.3 Å². The molecule has 0 unspecified atom stereocenters. The fraction of sp³-hybridized carbons (Fsp3) is 0.500. The first-order valence-electron chi connectivity index (χ1n) is 5.13. The Hall–Kier alpha value is -0.390. The molecular formula is C10H8Cl3F3N2. The van der Waals surface area contributed by atoms with E-state index in [2.05, 4.69) is 4.98 Å². The minimum atomic E-state index is -4.32. The molecule has 0 aromatic carbocycles. The van der Waals surface area contributed by atoms with Crippen LogP contribution in [0.3, 0.4) is 0 Å². The zero-order valence-corrected chi connectivity index (χ0v) is 11.2. The Morgan fingerprint density at radius 1 is 1.22 bits per heavy atom. The van der Waals surface area contributed by atoms with Gasteiger partial charge in [0.2, 0.25) is 0 Å². The fourth-order valence-corrected chi connectivity index (χ4v) is 2.19. The van der Waals surface area contributed by atoms with E-state index in [1.54, 1.807) is 0 Å². The number of hydrogen-bond acceptors (Lipinski definition) is 2. The monoisotopic (exact) mass is 318 g/mol. The second kappa shape index (κ2) is 4.94. The van der Waals surface area contributed by atoms with Crippen molar-refractivity contribution in [2.24, 2.45) is 0 Å². The number of aromatic nitrogens is 1. The minimum Gasteiger partial charge on any atom is -0.343 e. The van der Waals surface area contributed by atoms with Crippen LogP contribution in [0.2, 0.25) is 15.2 Å². The molecule has 1 aliphatic carbocycles. The quantitative estimate of drug-likeness (QED) is 0.759. The molecule has 1 saturated carbocycles. The first-order valence-corrected chi connectivity index (χ1v) is 6.26. The molecule has 1 aliphatic rings. The lowest BCUT2D eigenvalue weighted by molar-refractivity contribution is -0.120. The van der Waals surface area contributed by atoms with Crippen molar-refractivity contribution in [3.63, 3.8) is 0 Å². The van der Waals surface area contributed by atoms with Crippen LogP contribution in [-0.4, -0.2) is 23.7 Å². The van der Waals surface area contributed by atoms with Gasteiger partial charge in [-0.1, -0.05) is 34.8 Å². The summed E-state index contributed by atoms with van der Waals surface area (Å²) in [5.74, 6) is 0.0332. The molecule has 0 aliphatic heterocycles. The Kier molecular flexibility index (Phi) is 3.85. The first-order chi connectivity index (χ1) is 8.28. The standard InChI is InChI=1S/C10H8Cl3F3N2/c11-6-3-7(12)9(17-8(6)13)18(5-1-2-5)4-10(14,15)16/h3,5H,1-2,4H2. The van der Waals surface area contributed by atoms with E-state index >= 15 is 0 Å². The van der Waals surface area contributed by atoms with Crippen LogP contribution in [0.5, 0.6) is 0 Å². The third-order valence-corrected chi connectivity index (χ3v) is 3.43. The summed E-state index contributed by atoms with van der Waals surface area (Å²) in [6, 6.07) is 1.12. The van der Waals surface area contributed by atoms with E-state index in [4.69, 9.17) is 34.8 Å². The normalized spacial score (nSPS) is 15.9. The van der Waals surface area contributed by atoms with Gasteiger partial charge in [-0.25, -0.2) is 4.98 Å². The molecule has 0 bridgehead atoms. The van der Waals surface area contributed by atoms with Gasteiger partial charge in [-0.05, 0) is 18.9 Å². The number of pyridine rings is 1. The maximum Gasteiger partial charge on any atom is 0.405 e. The van der Waals surface area contributed by atoms with Crippen molar-refractivity contribution in [3.8, 4) is 0 Å². The Labute approximate surface area is 117 Å². The molecular weight excluding hydrogens is 311 g/mol. The predicted octanol–water partition coefficient (Wildman–Crippen LogP) is 4.57. The van der Waals surface area contributed by atoms with Crippen LogP contribution >= 0.6 is 34.8 Å². The maximum atomic E-state index is 12.5. The molecule has 0 radical (unpaired) electrons. The second-order valence-corrected chi connectivity index (χ2v) is 5.21. The molecule has 0 spiro atoms. The van der Waals surface area contributed by atoms with Gasteiger partial charge < -0.3 is 4.90 Å². The minimum absolute atomic E-state index is 0.0332. The third kappa shape index (κ3) is 3.33. The Bertz CT molecular complexity index is 460. The average Bonchev–Trinajstić information content (AvgIpc) is 3.02. The molecule has 100 valence electrons. The summed E-state index contributed by atoms with van der Waals surface area (Å²) in [4.78, 5) is 4.97. The van der Waals surface area contributed by atoms with Gasteiger partial charge in [0.1, 0.15) is 17.5 Å². The maximum absolute atomic E-state index is 12.5. The number of rotatable bonds is 3. The van der Waals surface area contributed by atoms with Crippen molar-refractivity contribution in [1.29, 1.82) is 0 Å². The Morgan fingerprint density at radius 2 is 1.83 bits per heavy atom. The molecule has 1 aromatic heterocycles. The van der Waals surface area contributed by atoms with E-state index in [-0.39, 0.29) is 27.1 Å². The summed E-state index contributed by atoms with van der Waals surface area (Å²) >= 11 is 17.3. The van der Waals surface area contributed by atoms with Crippen molar-refractivity contribution in [2.45, 2.75) is 25.1 Å². The molecule has 0 atom stereocenters. The van der Waals surface area contributed by atoms with Gasteiger partial charge in [-0.3, -0.25) is 0 Å². The highest BCUT2D eigenvalue weighted by molar-refractivity contribution is 6.42. The molecule has 0 amide bonds. The van der Waals surface area contributed by atoms with E-state index in [0.29, 0.717) is 12.8 Å². The second-order valence-electron chi connectivity index (χ2n) is 4.04. The SMILES string of the molecule is FC(F)(F)CN(c1nc(Cl)c(Cl)cc1Cl)C1CC1. The van der Waals surface area contributed by atoms with Gasteiger partial charge in [-0.2, -0.15) is 13.2 Å². The van der Waals surface area contributed by atoms with Gasteiger partial charge in [0, 0.05) is 6.04 Å². The lowest BCUT2D eigenvalue weighted by Gasteiger charge is -2.25. The Morgan fingerprint density at radius 3 is 2.33 bits per heavy atom. The fourth-order valence-electron chi connectivity index (χ4n) is 1.59. The lowest BCUT2D eigenvalue weighted by Crippen LogP contribution is -2.36. The molecule has 1 aromatic rings. The summed E-state index contributed by atoms with van der Waals surface area (Å²) in [5, 5.41) is 0.137. The van der Waals surface area contributed by atoms with Gasteiger partial charge in [0.25, 0.3) is 0 Å². The molecule has 1 heterocycles. The summed E-state index contributed by atoms with van der Waals surface area (Å²) in [5.41, 5.74) is 0. The van der Waals surface area contributed by atoms with Crippen molar-refractivity contribution >= 4 is 40.6 Å². The summed E-state index contributed by atoms with van der Waals surface area (Å²) in [7, 11) is 0. The molecule has 1 fully saturated rings. The smallest absolute Gasteiger partial charge is 0.343 e. The molecule has 2 nitrogen and oxygen atoms in total. The summed E-state index contributed by atoms with van der Waals surface area (Å²) < 4.78 is 37.6. The van der Waals surface area contributed by atoms with E-state index in [1.165, 1.54) is 6.07 Å². The van der Waals surface area contributed by atoms with E-state index in [0.717, 1.165) is 4.90 Å². The van der Waals surface area contributed by atoms with Crippen LogP contribution in [0.25, 0.3) is 0 Å². The van der Waals surface area contributed by atoms with Crippen molar-refractivity contribution in [1.82, 2.24) is 4.98 Å². The van der Waals surface area contributed by atoms with Gasteiger partial charge in [-0.15, -0.1) is 0 Å². The molecule has 0 N–H and O–H groups in total. The number of anilines is 1. The number of nitrogens with zero attached hydrogens (tertiary/aromatic N) is 2. The largest absolute Gasteiger partial charge is 0.405 e. The highest BCUT2D eigenvalue weighted by atomic mass is 35.5. The zero-order valence-electron chi connectivity index (χ0n) is 8.94. The van der Waals surface area contributed by atoms with Crippen LogP contribution < -0.4 is 4.90 Å². The number of halogens is 6. The molecule has 18 heavy (non-hydrogen) atoms.